The summed E-state index contributed by atoms with van der Waals surface area (Å²) in [5.41, 5.74) is 6.85. The van der Waals surface area contributed by atoms with Gasteiger partial charge in [-0.3, -0.25) is 20.0 Å². The van der Waals surface area contributed by atoms with E-state index in [0.29, 0.717) is 25.1 Å². The van der Waals surface area contributed by atoms with Crippen LogP contribution in [0, 0.1) is 23.7 Å². The molecule has 3 atom stereocenters. The van der Waals surface area contributed by atoms with Gasteiger partial charge < -0.3 is 4.74 Å². The van der Waals surface area contributed by atoms with E-state index in [2.05, 4.69) is 15.9 Å². The molecule has 1 aliphatic heterocycles. The van der Waals surface area contributed by atoms with E-state index in [1.165, 1.54) is 0 Å². The summed E-state index contributed by atoms with van der Waals surface area (Å²) >= 11 is 0. The molecule has 1 aliphatic rings. The predicted molar refractivity (Wildman–Crippen MR) is 171 cm³/mol. The Labute approximate surface area is 262 Å². The summed E-state index contributed by atoms with van der Waals surface area (Å²) in [6.07, 6.45) is 8.20. The van der Waals surface area contributed by atoms with Gasteiger partial charge in [0, 0.05) is 37.9 Å². The van der Waals surface area contributed by atoms with Gasteiger partial charge in [-0.2, -0.15) is 0 Å². The van der Waals surface area contributed by atoms with Gasteiger partial charge in [-0.15, -0.1) is 4.41 Å². The number of hydrogen-bond donors (Lipinski definition) is 2. The number of amides is 2. The Morgan fingerprint density at radius 3 is 2.41 bits per heavy atom. The molecule has 3 rings (SSSR count). The van der Waals surface area contributed by atoms with Crippen LogP contribution in [0.3, 0.4) is 0 Å². The summed E-state index contributed by atoms with van der Waals surface area (Å²) in [4.78, 5) is 37.4. The number of hydrogen-bond acceptors (Lipinski definition) is 7. The summed E-state index contributed by atoms with van der Waals surface area (Å²) in [6, 6.07) is 15.0. The molecule has 0 radical (unpaired) electrons. The molecule has 2 aromatic rings. The number of sulfonamides is 1. The van der Waals surface area contributed by atoms with Gasteiger partial charge in [0.2, 0.25) is 21.8 Å². The van der Waals surface area contributed by atoms with E-state index in [4.69, 9.17) is 9.57 Å². The molecule has 0 bridgehead atoms. The van der Waals surface area contributed by atoms with Crippen molar-refractivity contribution in [3.63, 3.8) is 0 Å². The Morgan fingerprint density at radius 2 is 1.77 bits per heavy atom. The third kappa shape index (κ3) is 12.1. The van der Waals surface area contributed by atoms with Gasteiger partial charge in [-0.25, -0.2) is 18.7 Å². The molecule has 1 aromatic carbocycles. The molecule has 242 valence electrons. The highest BCUT2D eigenvalue weighted by atomic mass is 32.2. The number of benzene rings is 1. The standard InChI is InChI=1S/C33H48N4O6S/c1-25(2)23-30(32(38)35-37(24-26(3)4)44(40,41)22-19-28-16-8-10-20-34-28)29(17-12-15-27-13-6-5-7-14-27)33(39)36-43-31-18-9-11-21-42-31/h5-8,10,12-16,20,25-26,29-31H,9,11,17-19,21-24H2,1-4H3,(H,35,38)(H,36,39)/b15-12+/t29-,30+,31?/m0/s1. The van der Waals surface area contributed by atoms with Gasteiger partial charge in [0.25, 0.3) is 0 Å². The zero-order valence-electron chi connectivity index (χ0n) is 26.4. The van der Waals surface area contributed by atoms with Crippen molar-refractivity contribution < 1.29 is 27.6 Å². The third-order valence-corrected chi connectivity index (χ3v) is 8.89. The number of rotatable bonds is 17. The van der Waals surface area contributed by atoms with E-state index >= 15 is 0 Å². The lowest BCUT2D eigenvalue weighted by atomic mass is 9.82. The maximum absolute atomic E-state index is 14.0. The highest BCUT2D eigenvalue weighted by molar-refractivity contribution is 7.89. The number of aromatic nitrogens is 1. The van der Waals surface area contributed by atoms with Gasteiger partial charge in [0.05, 0.1) is 17.6 Å². The third-order valence-electron chi connectivity index (χ3n) is 7.26. The molecule has 0 aliphatic carbocycles. The first-order valence-electron chi connectivity index (χ1n) is 15.5. The monoisotopic (exact) mass is 628 g/mol. The van der Waals surface area contributed by atoms with Gasteiger partial charge >= 0.3 is 0 Å². The number of carbonyl (C=O) groups excluding carboxylic acids is 2. The predicted octanol–water partition coefficient (Wildman–Crippen LogP) is 4.90. The molecule has 0 saturated carbocycles. The fraction of sp³-hybridized carbons (Fsp3) is 0.545. The SMILES string of the molecule is CC(C)C[C@@H](C(=O)NN(CC(C)C)S(=O)(=O)CCc1ccccn1)[C@H](C/C=C/c1ccccc1)C(=O)NOC1CCCCO1. The van der Waals surface area contributed by atoms with E-state index < -0.39 is 40.0 Å². The average molecular weight is 629 g/mol. The van der Waals surface area contributed by atoms with Crippen molar-refractivity contribution in [2.75, 3.05) is 18.9 Å². The Hall–Kier alpha value is -3.12. The van der Waals surface area contributed by atoms with Crippen LogP contribution < -0.4 is 10.9 Å². The minimum absolute atomic E-state index is 0.0553. The second kappa shape index (κ2) is 18.0. The number of allylic oxidation sites excluding steroid dienone is 1. The first-order chi connectivity index (χ1) is 21.0. The van der Waals surface area contributed by atoms with Crippen molar-refractivity contribution >= 4 is 27.9 Å². The Kier molecular flexibility index (Phi) is 14.5. The summed E-state index contributed by atoms with van der Waals surface area (Å²) in [7, 11) is -3.89. The summed E-state index contributed by atoms with van der Waals surface area (Å²) in [6.45, 7) is 8.36. The van der Waals surface area contributed by atoms with E-state index in [0.717, 1.165) is 22.8 Å². The average Bonchev–Trinajstić information content (AvgIpc) is 3.01. The number of carbonyl (C=O) groups is 2. The lowest BCUT2D eigenvalue weighted by molar-refractivity contribution is -0.203. The van der Waals surface area contributed by atoms with Crippen molar-refractivity contribution in [2.24, 2.45) is 23.7 Å². The Morgan fingerprint density at radius 1 is 1.02 bits per heavy atom. The van der Waals surface area contributed by atoms with Crippen LogP contribution in [0.5, 0.6) is 0 Å². The number of ether oxygens (including phenoxy) is 1. The number of pyridine rings is 1. The fourth-order valence-electron chi connectivity index (χ4n) is 4.99. The number of aryl methyl sites for hydroxylation is 1. The van der Waals surface area contributed by atoms with E-state index in [1.54, 1.807) is 24.4 Å². The van der Waals surface area contributed by atoms with Crippen molar-refractivity contribution in [2.45, 2.75) is 72.5 Å². The van der Waals surface area contributed by atoms with Crippen LogP contribution in [0.15, 0.2) is 60.8 Å². The molecule has 1 fully saturated rings. The molecule has 1 aromatic heterocycles. The molecule has 10 nitrogen and oxygen atoms in total. The highest BCUT2D eigenvalue weighted by Gasteiger charge is 2.36. The van der Waals surface area contributed by atoms with Gasteiger partial charge in [0.15, 0.2) is 6.29 Å². The number of nitrogens with zero attached hydrogens (tertiary/aromatic N) is 2. The van der Waals surface area contributed by atoms with Crippen LogP contribution >= 0.6 is 0 Å². The molecule has 0 spiro atoms. The maximum atomic E-state index is 14.0. The molecule has 1 unspecified atom stereocenters. The molecule has 2 heterocycles. The van der Waals surface area contributed by atoms with Gasteiger partial charge in [-0.1, -0.05) is 76.2 Å². The Bertz CT molecular complexity index is 1280. The van der Waals surface area contributed by atoms with Gasteiger partial charge in [0.1, 0.15) is 0 Å². The quantitative estimate of drug-likeness (QED) is 0.239. The zero-order chi connectivity index (χ0) is 32.0. The molecular formula is C33H48N4O6S. The van der Waals surface area contributed by atoms with Crippen LogP contribution in [-0.4, -0.2) is 54.8 Å². The fourth-order valence-corrected chi connectivity index (χ4v) is 6.43. The van der Waals surface area contributed by atoms with Crippen LogP contribution in [0.4, 0.5) is 0 Å². The van der Waals surface area contributed by atoms with Crippen LogP contribution in [0.2, 0.25) is 0 Å². The first kappa shape index (κ1) is 35.4. The molecule has 2 N–H and O–H groups in total. The first-order valence-corrected chi connectivity index (χ1v) is 17.2. The number of hydroxylamine groups is 1. The van der Waals surface area contributed by atoms with Crippen LogP contribution in [-0.2, 0) is 35.6 Å². The molecular weight excluding hydrogens is 580 g/mol. The second-order valence-electron chi connectivity index (χ2n) is 12.1. The number of hydrazine groups is 1. The van der Waals surface area contributed by atoms with Crippen molar-refractivity contribution in [3.05, 3.63) is 72.1 Å². The summed E-state index contributed by atoms with van der Waals surface area (Å²) in [5, 5.41) is 0. The molecule has 1 saturated heterocycles. The van der Waals surface area contributed by atoms with Crippen molar-refractivity contribution in [1.82, 2.24) is 20.3 Å². The summed E-state index contributed by atoms with van der Waals surface area (Å²) < 4.78 is 33.6. The van der Waals surface area contributed by atoms with E-state index in [1.807, 2.05) is 70.2 Å². The van der Waals surface area contributed by atoms with E-state index in [-0.39, 0.29) is 37.0 Å². The minimum atomic E-state index is -3.89. The Balaban J connectivity index is 1.83. The molecule has 11 heteroatoms. The maximum Gasteiger partial charge on any atom is 0.247 e. The normalized spacial score (nSPS) is 17.2. The van der Waals surface area contributed by atoms with Gasteiger partial charge in [-0.05, 0) is 55.2 Å². The van der Waals surface area contributed by atoms with Crippen molar-refractivity contribution in [1.29, 1.82) is 0 Å². The largest absolute Gasteiger partial charge is 0.350 e. The van der Waals surface area contributed by atoms with E-state index in [9.17, 15) is 18.0 Å². The number of nitrogens with one attached hydrogen (secondary N) is 2. The second-order valence-corrected chi connectivity index (χ2v) is 14.1. The lowest BCUT2D eigenvalue weighted by Gasteiger charge is -2.31. The lowest BCUT2D eigenvalue weighted by Crippen LogP contribution is -2.53. The zero-order valence-corrected chi connectivity index (χ0v) is 27.2. The van der Waals surface area contributed by atoms with Crippen LogP contribution in [0.25, 0.3) is 6.08 Å². The van der Waals surface area contributed by atoms with Crippen LogP contribution in [0.1, 0.15) is 71.1 Å². The minimum Gasteiger partial charge on any atom is -0.350 e. The highest BCUT2D eigenvalue weighted by Crippen LogP contribution is 2.26. The molecule has 2 amide bonds. The smallest absolute Gasteiger partial charge is 0.247 e. The topological polar surface area (TPSA) is 127 Å². The summed E-state index contributed by atoms with van der Waals surface area (Å²) in [5.74, 6) is -2.84. The van der Waals surface area contributed by atoms with Crippen molar-refractivity contribution in [3.8, 4) is 0 Å². The molecule has 44 heavy (non-hydrogen) atoms.